The van der Waals surface area contributed by atoms with E-state index in [2.05, 4.69) is 21.5 Å². The van der Waals surface area contributed by atoms with E-state index in [-0.39, 0.29) is 34.9 Å². The molecule has 0 bridgehead atoms. The summed E-state index contributed by atoms with van der Waals surface area (Å²) in [7, 11) is -4.20. The summed E-state index contributed by atoms with van der Waals surface area (Å²) in [4.78, 5) is 3.25. The van der Waals surface area contributed by atoms with Crippen molar-refractivity contribution in [1.29, 1.82) is 0 Å². The van der Waals surface area contributed by atoms with Crippen LogP contribution in [0.3, 0.4) is 0 Å². The van der Waals surface area contributed by atoms with Crippen molar-refractivity contribution in [3.8, 4) is 5.75 Å². The Hall–Kier alpha value is -2.67. The summed E-state index contributed by atoms with van der Waals surface area (Å²) in [5, 5.41) is 1.47. The van der Waals surface area contributed by atoms with Crippen LogP contribution in [0, 0.1) is 17.6 Å². The van der Waals surface area contributed by atoms with Gasteiger partial charge in [0.1, 0.15) is 22.3 Å². The van der Waals surface area contributed by atoms with Crippen LogP contribution in [-0.2, 0) is 10.0 Å². The molecule has 2 aromatic carbocycles. The first-order valence-electron chi connectivity index (χ1n) is 11.1. The van der Waals surface area contributed by atoms with Crippen molar-refractivity contribution in [2.75, 3.05) is 17.9 Å². The average Bonchev–Trinajstić information content (AvgIpc) is 3.37. The lowest BCUT2D eigenvalue weighted by Gasteiger charge is -2.25. The number of thiazole rings is 1. The fourth-order valence-corrected chi connectivity index (χ4v) is 5.51. The number of anilines is 1. The van der Waals surface area contributed by atoms with Gasteiger partial charge < -0.3 is 10.5 Å². The Bertz CT molecular complexity index is 1310. The molecule has 0 spiro atoms. The third-order valence-electron chi connectivity index (χ3n) is 5.30. The largest absolute Gasteiger partial charge is 0.491 e. The molecule has 200 valence electrons. The minimum Gasteiger partial charge on any atom is -0.491 e. The first-order valence-corrected chi connectivity index (χ1v) is 13.9. The lowest BCUT2D eigenvalue weighted by molar-refractivity contribution is 0.158. The third kappa shape index (κ3) is 8.16. The smallest absolute Gasteiger partial charge is 0.266 e. The van der Waals surface area contributed by atoms with Gasteiger partial charge in [0.2, 0.25) is 0 Å². The number of hydrogen-bond acceptors (Lipinski definition) is 6. The molecule has 37 heavy (non-hydrogen) atoms. The van der Waals surface area contributed by atoms with Gasteiger partial charge >= 0.3 is 0 Å². The summed E-state index contributed by atoms with van der Waals surface area (Å²) in [6, 6.07) is 8.27. The number of nitrogens with zero attached hydrogens (tertiary/aromatic N) is 1. The lowest BCUT2D eigenvalue weighted by atomic mass is 9.84. The van der Waals surface area contributed by atoms with Crippen molar-refractivity contribution in [2.45, 2.75) is 30.6 Å². The summed E-state index contributed by atoms with van der Waals surface area (Å²) in [5.74, 6) is -1.11. The molecule has 0 radical (unpaired) electrons. The second-order valence-electron chi connectivity index (χ2n) is 7.92. The monoisotopic (exact) mass is 577 g/mol. The van der Waals surface area contributed by atoms with Crippen molar-refractivity contribution >= 4 is 44.4 Å². The summed E-state index contributed by atoms with van der Waals surface area (Å²) in [5.41, 5.74) is 7.83. The van der Waals surface area contributed by atoms with E-state index >= 15 is 0 Å². The van der Waals surface area contributed by atoms with Crippen molar-refractivity contribution < 1.29 is 30.7 Å². The molecule has 0 fully saturated rings. The van der Waals surface area contributed by atoms with E-state index in [0.29, 0.717) is 0 Å². The molecule has 0 saturated heterocycles. The third-order valence-corrected chi connectivity index (χ3v) is 7.56. The van der Waals surface area contributed by atoms with Gasteiger partial charge in [-0.3, -0.25) is 4.72 Å². The SMILES string of the molecule is NCC(F)F.O=S(=O)(Nc1cscn1)c1cc(Cl)c(OCC2CCCC=C2c2ccc(F)cc2)cc1F. The number of nitrogens with one attached hydrogen (secondary N) is 1. The molecule has 1 unspecified atom stereocenters. The maximum atomic E-state index is 14.7. The minimum atomic E-state index is -4.20. The molecule has 1 aliphatic rings. The topological polar surface area (TPSA) is 94.3 Å². The van der Waals surface area contributed by atoms with Crippen LogP contribution in [0.4, 0.5) is 23.4 Å². The number of nitrogens with two attached hydrogens (primary N) is 1. The second-order valence-corrected chi connectivity index (χ2v) is 10.7. The summed E-state index contributed by atoms with van der Waals surface area (Å²) in [6.45, 7) is -0.300. The molecule has 3 N–H and O–H groups in total. The molecule has 13 heteroatoms. The number of hydrogen-bond donors (Lipinski definition) is 2. The fourth-order valence-electron chi connectivity index (χ4n) is 3.59. The quantitative estimate of drug-likeness (QED) is 0.304. The maximum Gasteiger partial charge on any atom is 0.266 e. The van der Waals surface area contributed by atoms with Gasteiger partial charge in [0.05, 0.1) is 23.7 Å². The van der Waals surface area contributed by atoms with Crippen LogP contribution in [0.5, 0.6) is 5.75 Å². The molecule has 1 heterocycles. The highest BCUT2D eigenvalue weighted by atomic mass is 35.5. The van der Waals surface area contributed by atoms with Gasteiger partial charge in [-0.25, -0.2) is 31.0 Å². The zero-order valence-corrected chi connectivity index (χ0v) is 21.7. The molecular weight excluding hydrogens is 554 g/mol. The second kappa shape index (κ2) is 13.2. The number of alkyl halides is 2. The van der Waals surface area contributed by atoms with Crippen LogP contribution in [-0.4, -0.2) is 33.0 Å². The Labute approximate surface area is 221 Å². The van der Waals surface area contributed by atoms with Gasteiger partial charge in [0, 0.05) is 17.4 Å². The molecule has 1 atom stereocenters. The number of ether oxygens (including phenoxy) is 1. The average molecular weight is 578 g/mol. The number of sulfonamides is 1. The number of rotatable bonds is 8. The lowest BCUT2D eigenvalue weighted by Crippen LogP contribution is -2.18. The highest BCUT2D eigenvalue weighted by Gasteiger charge is 2.24. The number of benzene rings is 2. The first-order chi connectivity index (χ1) is 17.6. The predicted octanol–water partition coefficient (Wildman–Crippen LogP) is 6.35. The van der Waals surface area contributed by atoms with E-state index in [9.17, 15) is 26.0 Å². The van der Waals surface area contributed by atoms with Crippen LogP contribution in [0.15, 0.2) is 58.3 Å². The Kier molecular flexibility index (Phi) is 10.3. The van der Waals surface area contributed by atoms with Crippen molar-refractivity contribution in [3.05, 3.63) is 75.6 Å². The molecule has 4 rings (SSSR count). The van der Waals surface area contributed by atoms with Crippen molar-refractivity contribution in [2.24, 2.45) is 11.7 Å². The zero-order valence-electron chi connectivity index (χ0n) is 19.3. The molecule has 1 aliphatic carbocycles. The highest BCUT2D eigenvalue weighted by Crippen LogP contribution is 2.35. The number of aromatic nitrogens is 1. The van der Waals surface area contributed by atoms with Crippen molar-refractivity contribution in [3.63, 3.8) is 0 Å². The molecule has 0 saturated carbocycles. The van der Waals surface area contributed by atoms with Gasteiger partial charge in [-0.15, -0.1) is 11.3 Å². The van der Waals surface area contributed by atoms with E-state index < -0.39 is 33.7 Å². The summed E-state index contributed by atoms with van der Waals surface area (Å²) in [6.07, 6.45) is 2.51. The Morgan fingerprint density at radius 2 is 1.92 bits per heavy atom. The van der Waals surface area contributed by atoms with Gasteiger partial charge in [-0.1, -0.05) is 29.8 Å². The molecule has 0 aliphatic heterocycles. The Balaban J connectivity index is 0.000000695. The minimum absolute atomic E-state index is 0.0167. The first kappa shape index (κ1) is 28.9. The fraction of sp³-hybridized carbons (Fsp3) is 0.292. The van der Waals surface area contributed by atoms with Crippen LogP contribution in [0.25, 0.3) is 5.57 Å². The van der Waals surface area contributed by atoms with Gasteiger partial charge in [-0.05, 0) is 48.6 Å². The van der Waals surface area contributed by atoms with Crippen molar-refractivity contribution in [1.82, 2.24) is 4.98 Å². The molecule has 3 aromatic rings. The van der Waals surface area contributed by atoms with E-state index in [1.165, 1.54) is 34.4 Å². The van der Waals surface area contributed by atoms with Gasteiger partial charge in [0.15, 0.2) is 5.82 Å². The predicted molar refractivity (Wildman–Crippen MR) is 137 cm³/mol. The normalized spacial score (nSPS) is 15.5. The van der Waals surface area contributed by atoms with Crippen LogP contribution >= 0.6 is 22.9 Å². The van der Waals surface area contributed by atoms with E-state index in [1.54, 1.807) is 12.1 Å². The van der Waals surface area contributed by atoms with Crippen LogP contribution in [0.2, 0.25) is 5.02 Å². The van der Waals surface area contributed by atoms with Gasteiger partial charge in [-0.2, -0.15) is 0 Å². The molecule has 0 amide bonds. The van der Waals surface area contributed by atoms with Crippen LogP contribution < -0.4 is 15.2 Å². The van der Waals surface area contributed by atoms with E-state index in [4.69, 9.17) is 16.3 Å². The van der Waals surface area contributed by atoms with E-state index in [1.807, 2.05) is 0 Å². The Morgan fingerprint density at radius 1 is 1.22 bits per heavy atom. The number of halogens is 5. The zero-order chi connectivity index (χ0) is 27.0. The number of allylic oxidation sites excluding steroid dienone is 1. The Morgan fingerprint density at radius 3 is 2.54 bits per heavy atom. The highest BCUT2D eigenvalue weighted by molar-refractivity contribution is 7.92. The van der Waals surface area contributed by atoms with Crippen LogP contribution in [0.1, 0.15) is 24.8 Å². The van der Waals surface area contributed by atoms with Gasteiger partial charge in [0.25, 0.3) is 16.4 Å². The maximum absolute atomic E-state index is 14.7. The summed E-state index contributed by atoms with van der Waals surface area (Å²) >= 11 is 7.43. The molecular formula is C24H24ClF4N3O3S2. The molecule has 6 nitrogen and oxygen atoms in total. The summed E-state index contributed by atoms with van der Waals surface area (Å²) < 4.78 is 82.2. The van der Waals surface area contributed by atoms with E-state index in [0.717, 1.165) is 42.5 Å². The standard InChI is InChI=1S/C22H19ClF2N2O3S2.C2H5F2N/c23-18-9-21(32(28,29)27-22-12-31-13-26-22)19(25)10-20(18)30-11-15-3-1-2-4-17(15)14-5-7-16(24)8-6-14;3-2(4)1-5/h4-10,12-13,15,27H,1-3,11H2;2H,1,5H2. The molecule has 1 aromatic heterocycles.